The van der Waals surface area contributed by atoms with Gasteiger partial charge in [0.15, 0.2) is 11.5 Å². The first-order chi connectivity index (χ1) is 13.2. The number of H-pyrrole nitrogens is 1. The Balaban J connectivity index is 1.61. The Morgan fingerprint density at radius 2 is 2.07 bits per heavy atom. The summed E-state index contributed by atoms with van der Waals surface area (Å²) in [7, 11) is 0. The first-order valence-electron chi connectivity index (χ1n) is 8.59. The summed E-state index contributed by atoms with van der Waals surface area (Å²) in [4.78, 5) is 8.13. The number of nitriles is 1. The van der Waals surface area contributed by atoms with Crippen molar-refractivity contribution < 1.29 is 0 Å². The number of anilines is 3. The molecule has 1 fully saturated rings. The Bertz CT molecular complexity index is 945. The molecule has 2 unspecified atom stereocenters. The van der Waals surface area contributed by atoms with Gasteiger partial charge in [-0.05, 0) is 19.3 Å². The van der Waals surface area contributed by atoms with E-state index in [0.717, 1.165) is 30.5 Å². The standard InChI is InChI=1S/C17H18N10/c18-5-13-8-21-16(9-20-13)25-15-4-14(24-12-2-1-11(19)3-12)17(27-26-15)10-6-22-23-7-10/h4,6-9,11-12H,1-3,19H2,(H,22,23)(H2,21,24,25,26). The second-order valence-electron chi connectivity index (χ2n) is 6.42. The molecule has 3 aromatic rings. The summed E-state index contributed by atoms with van der Waals surface area (Å²) in [5.74, 6) is 0.999. The molecule has 0 saturated heterocycles. The number of hydrogen-bond donors (Lipinski definition) is 4. The van der Waals surface area contributed by atoms with E-state index in [0.29, 0.717) is 17.3 Å². The van der Waals surface area contributed by atoms with Crippen LogP contribution in [0, 0.1) is 11.3 Å². The van der Waals surface area contributed by atoms with Crippen molar-refractivity contribution in [3.05, 3.63) is 36.5 Å². The van der Waals surface area contributed by atoms with Crippen LogP contribution in [0.5, 0.6) is 0 Å². The monoisotopic (exact) mass is 362 g/mol. The molecule has 0 amide bonds. The predicted octanol–water partition coefficient (Wildman–Crippen LogP) is 1.56. The van der Waals surface area contributed by atoms with E-state index in [1.807, 2.05) is 12.1 Å². The molecule has 3 aromatic heterocycles. The van der Waals surface area contributed by atoms with E-state index in [4.69, 9.17) is 11.0 Å². The minimum Gasteiger partial charge on any atom is -0.380 e. The van der Waals surface area contributed by atoms with Gasteiger partial charge in [0.25, 0.3) is 0 Å². The molecule has 3 heterocycles. The van der Waals surface area contributed by atoms with Crippen molar-refractivity contribution in [3.8, 4) is 17.3 Å². The van der Waals surface area contributed by atoms with Gasteiger partial charge < -0.3 is 16.4 Å². The molecule has 0 aliphatic heterocycles. The summed E-state index contributed by atoms with van der Waals surface area (Å²) in [5.41, 5.74) is 8.68. The number of rotatable bonds is 5. The molecule has 0 bridgehead atoms. The fraction of sp³-hybridized carbons (Fsp3) is 0.294. The molecule has 1 saturated carbocycles. The molecule has 4 rings (SSSR count). The summed E-state index contributed by atoms with van der Waals surface area (Å²) in [6.45, 7) is 0. The van der Waals surface area contributed by atoms with Crippen LogP contribution in [0.4, 0.5) is 17.3 Å². The number of nitrogens with one attached hydrogen (secondary N) is 3. The summed E-state index contributed by atoms with van der Waals surface area (Å²) in [6.07, 6.45) is 9.28. The molecule has 2 atom stereocenters. The van der Waals surface area contributed by atoms with Crippen molar-refractivity contribution in [1.29, 1.82) is 5.26 Å². The zero-order valence-corrected chi connectivity index (χ0v) is 14.4. The molecule has 10 heteroatoms. The molecule has 1 aliphatic rings. The van der Waals surface area contributed by atoms with Crippen LogP contribution in [0.25, 0.3) is 11.3 Å². The van der Waals surface area contributed by atoms with Crippen molar-refractivity contribution >= 4 is 17.3 Å². The fourth-order valence-corrected chi connectivity index (χ4v) is 3.11. The van der Waals surface area contributed by atoms with Crippen LogP contribution in [0.1, 0.15) is 25.0 Å². The highest BCUT2D eigenvalue weighted by molar-refractivity contribution is 5.75. The van der Waals surface area contributed by atoms with Crippen molar-refractivity contribution in [2.45, 2.75) is 31.3 Å². The maximum absolute atomic E-state index is 8.81. The lowest BCUT2D eigenvalue weighted by atomic mass is 10.1. The number of nitrogens with zero attached hydrogens (tertiary/aromatic N) is 6. The van der Waals surface area contributed by atoms with Gasteiger partial charge in [0, 0.05) is 29.9 Å². The molecule has 0 radical (unpaired) electrons. The Morgan fingerprint density at radius 3 is 2.74 bits per heavy atom. The van der Waals surface area contributed by atoms with Gasteiger partial charge in [0.1, 0.15) is 17.6 Å². The van der Waals surface area contributed by atoms with Gasteiger partial charge in [0.05, 0.1) is 24.3 Å². The van der Waals surface area contributed by atoms with Gasteiger partial charge in [-0.15, -0.1) is 10.2 Å². The van der Waals surface area contributed by atoms with Crippen molar-refractivity contribution in [3.63, 3.8) is 0 Å². The zero-order valence-electron chi connectivity index (χ0n) is 14.4. The van der Waals surface area contributed by atoms with E-state index in [-0.39, 0.29) is 17.8 Å². The molecular formula is C17H18N10. The largest absolute Gasteiger partial charge is 0.380 e. The lowest BCUT2D eigenvalue weighted by Crippen LogP contribution is -2.21. The minimum atomic E-state index is 0.223. The number of aromatic amines is 1. The van der Waals surface area contributed by atoms with Gasteiger partial charge in [-0.3, -0.25) is 5.10 Å². The maximum atomic E-state index is 8.81. The quantitative estimate of drug-likeness (QED) is 0.529. The molecule has 10 nitrogen and oxygen atoms in total. The topological polar surface area (TPSA) is 154 Å². The third-order valence-electron chi connectivity index (χ3n) is 4.42. The number of aromatic nitrogens is 6. The van der Waals surface area contributed by atoms with Gasteiger partial charge in [0.2, 0.25) is 0 Å². The van der Waals surface area contributed by atoms with Crippen LogP contribution in [0.3, 0.4) is 0 Å². The van der Waals surface area contributed by atoms with Crippen molar-refractivity contribution in [2.24, 2.45) is 5.73 Å². The van der Waals surface area contributed by atoms with Crippen LogP contribution >= 0.6 is 0 Å². The third kappa shape index (κ3) is 3.83. The lowest BCUT2D eigenvalue weighted by Gasteiger charge is -2.17. The highest BCUT2D eigenvalue weighted by Gasteiger charge is 2.23. The van der Waals surface area contributed by atoms with Gasteiger partial charge in [-0.2, -0.15) is 10.4 Å². The zero-order chi connectivity index (χ0) is 18.6. The van der Waals surface area contributed by atoms with Crippen molar-refractivity contribution in [2.75, 3.05) is 10.6 Å². The molecule has 0 aromatic carbocycles. The maximum Gasteiger partial charge on any atom is 0.158 e. The van der Waals surface area contributed by atoms with E-state index in [9.17, 15) is 0 Å². The highest BCUT2D eigenvalue weighted by Crippen LogP contribution is 2.30. The fourth-order valence-electron chi connectivity index (χ4n) is 3.11. The Kier molecular flexibility index (Phi) is 4.59. The second-order valence-corrected chi connectivity index (χ2v) is 6.42. The molecule has 27 heavy (non-hydrogen) atoms. The average Bonchev–Trinajstić information content (AvgIpc) is 3.35. The van der Waals surface area contributed by atoms with Crippen LogP contribution < -0.4 is 16.4 Å². The van der Waals surface area contributed by atoms with Crippen LogP contribution in [0.15, 0.2) is 30.9 Å². The lowest BCUT2D eigenvalue weighted by molar-refractivity contribution is 0.687. The SMILES string of the molecule is N#Cc1cnc(Nc2cc(NC3CCC(N)C3)c(-c3cn[nH]c3)nn2)cn1. The van der Waals surface area contributed by atoms with Gasteiger partial charge in [-0.25, -0.2) is 9.97 Å². The van der Waals surface area contributed by atoms with E-state index < -0.39 is 0 Å². The molecular weight excluding hydrogens is 344 g/mol. The molecule has 5 N–H and O–H groups in total. The van der Waals surface area contributed by atoms with Gasteiger partial charge in [-0.1, -0.05) is 0 Å². The van der Waals surface area contributed by atoms with E-state index in [1.165, 1.54) is 12.4 Å². The average molecular weight is 362 g/mol. The summed E-state index contributed by atoms with van der Waals surface area (Å²) >= 11 is 0. The second kappa shape index (κ2) is 7.35. The highest BCUT2D eigenvalue weighted by atomic mass is 15.2. The summed E-state index contributed by atoms with van der Waals surface area (Å²) in [6, 6.07) is 4.32. The predicted molar refractivity (Wildman–Crippen MR) is 98.9 cm³/mol. The first kappa shape index (κ1) is 16.9. The number of hydrogen-bond acceptors (Lipinski definition) is 9. The van der Waals surface area contributed by atoms with Crippen molar-refractivity contribution in [1.82, 2.24) is 30.4 Å². The van der Waals surface area contributed by atoms with E-state index in [2.05, 4.69) is 41.0 Å². The van der Waals surface area contributed by atoms with Gasteiger partial charge >= 0.3 is 0 Å². The van der Waals surface area contributed by atoms with Crippen LogP contribution in [-0.4, -0.2) is 42.4 Å². The summed E-state index contributed by atoms with van der Waals surface area (Å²) < 4.78 is 0. The normalized spacial score (nSPS) is 18.8. The van der Waals surface area contributed by atoms with Crippen LogP contribution in [0.2, 0.25) is 0 Å². The van der Waals surface area contributed by atoms with E-state index in [1.54, 1.807) is 12.4 Å². The smallest absolute Gasteiger partial charge is 0.158 e. The van der Waals surface area contributed by atoms with E-state index >= 15 is 0 Å². The Morgan fingerprint density at radius 1 is 1.15 bits per heavy atom. The minimum absolute atomic E-state index is 0.223. The third-order valence-corrected chi connectivity index (χ3v) is 4.42. The summed E-state index contributed by atoms with van der Waals surface area (Å²) in [5, 5.41) is 30.7. The molecule has 0 spiro atoms. The van der Waals surface area contributed by atoms with Crippen LogP contribution in [-0.2, 0) is 0 Å². The molecule has 136 valence electrons. The Labute approximate surface area is 155 Å². The number of nitrogens with two attached hydrogens (primary N) is 1. The Hall–Kier alpha value is -3.58. The molecule has 1 aliphatic carbocycles. The first-order valence-corrected chi connectivity index (χ1v) is 8.59.